The third-order valence-electron chi connectivity index (χ3n) is 2.65. The molecule has 0 saturated heterocycles. The monoisotopic (exact) mass is 353 g/mol. The van der Waals surface area contributed by atoms with Crippen LogP contribution >= 0.6 is 31.9 Å². The fourth-order valence-corrected chi connectivity index (χ4v) is 2.70. The molecule has 0 aromatic heterocycles. The molecule has 0 aliphatic carbocycles. The lowest BCUT2D eigenvalue weighted by molar-refractivity contribution is 0.868. The first-order valence-corrected chi connectivity index (χ1v) is 6.93. The Morgan fingerprint density at radius 3 is 2.12 bits per heavy atom. The molecule has 0 fully saturated rings. The van der Waals surface area contributed by atoms with E-state index in [1.54, 1.807) is 0 Å². The minimum absolute atomic E-state index is 0.0840. The smallest absolute Gasteiger partial charge is 0.0552 e. The number of hydrogen-bond donors (Lipinski definition) is 1. The summed E-state index contributed by atoms with van der Waals surface area (Å²) in [5, 5.41) is 0. The van der Waals surface area contributed by atoms with Gasteiger partial charge in [0.25, 0.3) is 0 Å². The van der Waals surface area contributed by atoms with Gasteiger partial charge in [-0.15, -0.1) is 0 Å². The zero-order chi connectivity index (χ0) is 12.4. The average molecular weight is 355 g/mol. The van der Waals surface area contributed by atoms with Crippen molar-refractivity contribution in [2.24, 2.45) is 5.73 Å². The molecule has 17 heavy (non-hydrogen) atoms. The highest BCUT2D eigenvalue weighted by Gasteiger charge is 2.09. The van der Waals surface area contributed by atoms with E-state index in [1.165, 1.54) is 5.56 Å². The zero-order valence-electron chi connectivity index (χ0n) is 9.45. The summed E-state index contributed by atoms with van der Waals surface area (Å²) in [5.41, 5.74) is 9.72. The lowest BCUT2D eigenvalue weighted by Crippen LogP contribution is -2.11. The van der Waals surface area contributed by atoms with E-state index in [9.17, 15) is 0 Å². The van der Waals surface area contributed by atoms with Gasteiger partial charge in [0.05, 0.1) is 6.04 Å². The van der Waals surface area contributed by atoms with E-state index in [0.717, 1.165) is 20.1 Å². The molecule has 0 radical (unpaired) electrons. The van der Waals surface area contributed by atoms with E-state index >= 15 is 0 Å². The molecule has 2 aromatic carbocycles. The number of nitrogens with two attached hydrogens (primary N) is 1. The zero-order valence-corrected chi connectivity index (χ0v) is 12.6. The molecule has 0 heterocycles. The average Bonchev–Trinajstić information content (AvgIpc) is 2.28. The van der Waals surface area contributed by atoms with Gasteiger partial charge in [-0.05, 0) is 47.9 Å². The summed E-state index contributed by atoms with van der Waals surface area (Å²) in [6, 6.07) is 14.3. The summed E-state index contributed by atoms with van der Waals surface area (Å²) in [6.45, 7) is 2.07. The van der Waals surface area contributed by atoms with Gasteiger partial charge in [0.15, 0.2) is 0 Å². The van der Waals surface area contributed by atoms with Gasteiger partial charge in [0, 0.05) is 8.95 Å². The van der Waals surface area contributed by atoms with Gasteiger partial charge in [-0.2, -0.15) is 0 Å². The van der Waals surface area contributed by atoms with Gasteiger partial charge >= 0.3 is 0 Å². The molecular weight excluding hydrogens is 342 g/mol. The van der Waals surface area contributed by atoms with Crippen LogP contribution in [-0.2, 0) is 0 Å². The van der Waals surface area contributed by atoms with E-state index in [0.29, 0.717) is 0 Å². The molecule has 0 aliphatic rings. The lowest BCUT2D eigenvalue weighted by Gasteiger charge is -2.14. The number of aryl methyl sites for hydroxylation is 1. The third-order valence-corrected chi connectivity index (χ3v) is 3.64. The van der Waals surface area contributed by atoms with Crippen LogP contribution in [0.3, 0.4) is 0 Å². The van der Waals surface area contributed by atoms with Crippen LogP contribution < -0.4 is 5.73 Å². The Bertz CT molecular complexity index is 500. The van der Waals surface area contributed by atoms with Crippen molar-refractivity contribution < 1.29 is 0 Å². The maximum atomic E-state index is 6.27. The summed E-state index contributed by atoms with van der Waals surface area (Å²) in [7, 11) is 0. The van der Waals surface area contributed by atoms with Crippen LogP contribution in [0.4, 0.5) is 0 Å². The van der Waals surface area contributed by atoms with Crippen LogP contribution in [0.2, 0.25) is 0 Å². The molecule has 2 N–H and O–H groups in total. The predicted molar refractivity (Wildman–Crippen MR) is 79.1 cm³/mol. The Labute approximate surface area is 118 Å². The molecule has 88 valence electrons. The van der Waals surface area contributed by atoms with Gasteiger partial charge in [-0.1, -0.05) is 50.1 Å². The first kappa shape index (κ1) is 12.8. The van der Waals surface area contributed by atoms with Crippen LogP contribution in [-0.4, -0.2) is 0 Å². The summed E-state index contributed by atoms with van der Waals surface area (Å²) < 4.78 is 2.14. The third kappa shape index (κ3) is 3.18. The van der Waals surface area contributed by atoms with Crippen LogP contribution in [0.5, 0.6) is 0 Å². The van der Waals surface area contributed by atoms with E-state index in [2.05, 4.69) is 57.0 Å². The fraction of sp³-hybridized carbons (Fsp3) is 0.143. The highest BCUT2D eigenvalue weighted by Crippen LogP contribution is 2.25. The van der Waals surface area contributed by atoms with Crippen molar-refractivity contribution in [3.8, 4) is 0 Å². The first-order chi connectivity index (χ1) is 8.06. The number of benzene rings is 2. The second-order valence-corrected chi connectivity index (χ2v) is 5.92. The van der Waals surface area contributed by atoms with Crippen molar-refractivity contribution in [2.75, 3.05) is 0 Å². The van der Waals surface area contributed by atoms with Crippen molar-refractivity contribution in [1.82, 2.24) is 0 Å². The van der Waals surface area contributed by atoms with Crippen LogP contribution in [0, 0.1) is 6.92 Å². The van der Waals surface area contributed by atoms with Crippen molar-refractivity contribution in [3.05, 3.63) is 68.1 Å². The molecule has 3 heteroatoms. The second kappa shape index (κ2) is 5.34. The van der Waals surface area contributed by atoms with Crippen molar-refractivity contribution >= 4 is 31.9 Å². The van der Waals surface area contributed by atoms with Gasteiger partial charge in [0.1, 0.15) is 0 Å². The lowest BCUT2D eigenvalue weighted by atomic mass is 9.98. The highest BCUT2D eigenvalue weighted by molar-refractivity contribution is 9.10. The van der Waals surface area contributed by atoms with Gasteiger partial charge in [-0.25, -0.2) is 0 Å². The molecule has 1 unspecified atom stereocenters. The highest BCUT2D eigenvalue weighted by atomic mass is 79.9. The molecule has 0 aliphatic heterocycles. The van der Waals surface area contributed by atoms with Crippen LogP contribution in [0.15, 0.2) is 51.4 Å². The Hall–Kier alpha value is -0.640. The Kier molecular flexibility index (Phi) is 4.02. The summed E-state index contributed by atoms with van der Waals surface area (Å²) in [4.78, 5) is 0. The van der Waals surface area contributed by atoms with E-state index < -0.39 is 0 Å². The largest absolute Gasteiger partial charge is 0.320 e. The van der Waals surface area contributed by atoms with Gasteiger partial charge < -0.3 is 5.73 Å². The molecule has 2 rings (SSSR count). The minimum atomic E-state index is -0.0840. The molecule has 1 nitrogen and oxygen atoms in total. The minimum Gasteiger partial charge on any atom is -0.320 e. The second-order valence-electron chi connectivity index (χ2n) is 4.09. The van der Waals surface area contributed by atoms with Crippen molar-refractivity contribution in [1.29, 1.82) is 0 Å². The molecule has 2 aromatic rings. The summed E-state index contributed by atoms with van der Waals surface area (Å²) >= 11 is 6.93. The van der Waals surface area contributed by atoms with Crippen molar-refractivity contribution in [2.45, 2.75) is 13.0 Å². The predicted octanol–water partition coefficient (Wildman–Crippen LogP) is 4.57. The summed E-state index contributed by atoms with van der Waals surface area (Å²) in [5.74, 6) is 0. The maximum Gasteiger partial charge on any atom is 0.0552 e. The first-order valence-electron chi connectivity index (χ1n) is 5.34. The number of rotatable bonds is 2. The van der Waals surface area contributed by atoms with Crippen LogP contribution in [0.25, 0.3) is 0 Å². The molecule has 0 spiro atoms. The van der Waals surface area contributed by atoms with Crippen LogP contribution in [0.1, 0.15) is 22.7 Å². The van der Waals surface area contributed by atoms with Gasteiger partial charge in [0.2, 0.25) is 0 Å². The molecule has 1 atom stereocenters. The number of hydrogen-bond acceptors (Lipinski definition) is 1. The van der Waals surface area contributed by atoms with Crippen molar-refractivity contribution in [3.63, 3.8) is 0 Å². The fourth-order valence-electron chi connectivity index (χ4n) is 1.81. The normalized spacial score (nSPS) is 12.5. The Morgan fingerprint density at radius 2 is 1.53 bits per heavy atom. The standard InChI is InChI=1S/C14H13Br2N/c1-9-6-11(8-13(16)7-9)14(17)10-2-4-12(15)5-3-10/h2-8,14H,17H2,1H3. The Morgan fingerprint density at radius 1 is 0.882 bits per heavy atom. The number of halogens is 2. The topological polar surface area (TPSA) is 26.0 Å². The summed E-state index contributed by atoms with van der Waals surface area (Å²) in [6.07, 6.45) is 0. The SMILES string of the molecule is Cc1cc(Br)cc(C(N)c2ccc(Br)cc2)c1. The van der Waals surface area contributed by atoms with E-state index in [1.807, 2.05) is 24.3 Å². The molecule has 0 amide bonds. The molecular formula is C14H13Br2N. The molecule has 0 saturated carbocycles. The maximum absolute atomic E-state index is 6.27. The quantitative estimate of drug-likeness (QED) is 0.839. The molecule has 0 bridgehead atoms. The van der Waals surface area contributed by atoms with Gasteiger partial charge in [-0.3, -0.25) is 0 Å². The van der Waals surface area contributed by atoms with E-state index in [4.69, 9.17) is 5.73 Å². The Balaban J connectivity index is 2.36. The van der Waals surface area contributed by atoms with E-state index in [-0.39, 0.29) is 6.04 Å².